The molecule has 0 bridgehead atoms. The van der Waals surface area contributed by atoms with Crippen LogP contribution in [0.25, 0.3) is 0 Å². The molecule has 0 aromatic heterocycles. The fourth-order valence-electron chi connectivity index (χ4n) is 2.21. The van der Waals surface area contributed by atoms with Gasteiger partial charge in [0.1, 0.15) is 0 Å². The van der Waals surface area contributed by atoms with E-state index in [1.165, 1.54) is 64.2 Å². The second kappa shape index (κ2) is 51.2. The summed E-state index contributed by atoms with van der Waals surface area (Å²) in [4.78, 5) is 11.5. The number of esters is 1. The van der Waals surface area contributed by atoms with E-state index in [-0.39, 0.29) is 5.97 Å². The van der Waals surface area contributed by atoms with Crippen LogP contribution in [0.2, 0.25) is 0 Å². The SMILES string of the molecule is CC.CC.CC.CCBr.CCCCCCCCCC(=O)OCCCCCCCBr. The number of ether oxygens (including phenoxy) is 1. The lowest BCUT2D eigenvalue weighted by Gasteiger charge is -2.05. The minimum Gasteiger partial charge on any atom is -0.466 e. The first-order chi connectivity index (χ1) is 14.2. The van der Waals surface area contributed by atoms with Crippen molar-refractivity contribution in [3.63, 3.8) is 0 Å². The lowest BCUT2D eigenvalue weighted by Crippen LogP contribution is -2.05. The smallest absolute Gasteiger partial charge is 0.305 e. The van der Waals surface area contributed by atoms with E-state index >= 15 is 0 Å². The molecule has 182 valence electrons. The van der Waals surface area contributed by atoms with Crippen LogP contribution in [0.15, 0.2) is 0 Å². The first kappa shape index (κ1) is 39.9. The molecule has 0 fully saturated rings. The summed E-state index contributed by atoms with van der Waals surface area (Å²) in [5, 5.41) is 2.16. The molecule has 0 aliphatic heterocycles. The molecule has 0 saturated heterocycles. The zero-order chi connectivity index (χ0) is 23.6. The molecule has 0 aromatic rings. The Morgan fingerprint density at radius 1 is 0.621 bits per heavy atom. The number of hydrogen-bond acceptors (Lipinski definition) is 2. The molecule has 0 aromatic carbocycles. The molecule has 0 atom stereocenters. The highest BCUT2D eigenvalue weighted by Crippen LogP contribution is 2.09. The van der Waals surface area contributed by atoms with Crippen LogP contribution in [0.1, 0.15) is 139 Å². The molecule has 0 rings (SSSR count). The van der Waals surface area contributed by atoms with Crippen molar-refractivity contribution in [2.24, 2.45) is 0 Å². The van der Waals surface area contributed by atoms with Gasteiger partial charge in [-0.05, 0) is 19.3 Å². The maximum Gasteiger partial charge on any atom is 0.305 e. The fraction of sp³-hybridized carbons (Fsp3) is 0.960. The van der Waals surface area contributed by atoms with Crippen molar-refractivity contribution in [2.75, 3.05) is 17.3 Å². The molecule has 4 heteroatoms. The third kappa shape index (κ3) is 58.5. The van der Waals surface area contributed by atoms with Crippen molar-refractivity contribution in [2.45, 2.75) is 139 Å². The quantitative estimate of drug-likeness (QED) is 0.116. The summed E-state index contributed by atoms with van der Waals surface area (Å²) >= 11 is 6.58. The molecule has 0 spiro atoms. The summed E-state index contributed by atoms with van der Waals surface area (Å²) in [6.45, 7) is 16.9. The average Bonchev–Trinajstić information content (AvgIpc) is 2.77. The summed E-state index contributed by atoms with van der Waals surface area (Å²) in [7, 11) is 0. The molecule has 0 saturated carbocycles. The highest BCUT2D eigenvalue weighted by molar-refractivity contribution is 9.09. The van der Waals surface area contributed by atoms with E-state index in [4.69, 9.17) is 4.74 Å². The van der Waals surface area contributed by atoms with Crippen LogP contribution in [0.4, 0.5) is 0 Å². The molecular weight excluding hydrogens is 492 g/mol. The topological polar surface area (TPSA) is 26.3 Å². The minimum atomic E-state index is -0.000911. The molecule has 29 heavy (non-hydrogen) atoms. The van der Waals surface area contributed by atoms with E-state index in [9.17, 15) is 4.79 Å². The third-order valence-corrected chi connectivity index (χ3v) is 4.09. The Bertz CT molecular complexity index is 205. The molecule has 0 unspecified atom stereocenters. The predicted molar refractivity (Wildman–Crippen MR) is 144 cm³/mol. The van der Waals surface area contributed by atoms with Gasteiger partial charge in [-0.15, -0.1) is 0 Å². The molecule has 0 radical (unpaired) electrons. The van der Waals surface area contributed by atoms with Gasteiger partial charge in [0.2, 0.25) is 0 Å². The molecular formula is C25H56Br2O2. The largest absolute Gasteiger partial charge is 0.466 e. The molecule has 0 amide bonds. The van der Waals surface area contributed by atoms with E-state index in [1.807, 2.05) is 48.5 Å². The molecule has 2 nitrogen and oxygen atoms in total. The van der Waals surface area contributed by atoms with Crippen molar-refractivity contribution in [1.29, 1.82) is 0 Å². The standard InChI is InChI=1S/C17H33BrO2.C2H5Br.3C2H6/c1-2-3-4-5-6-8-11-14-17(19)20-16-13-10-7-9-12-15-18;1-2-3;3*1-2/h2-16H2,1H3;2H2,1H3;3*1-2H3. The van der Waals surface area contributed by atoms with Gasteiger partial charge in [0.25, 0.3) is 0 Å². The number of halogens is 2. The Morgan fingerprint density at radius 3 is 1.45 bits per heavy atom. The zero-order valence-corrected chi connectivity index (χ0v) is 24.6. The second-order valence-electron chi connectivity index (χ2n) is 5.82. The number of hydrogen-bond donors (Lipinski definition) is 0. The molecule has 0 N–H and O–H groups in total. The van der Waals surface area contributed by atoms with Crippen molar-refractivity contribution in [3.8, 4) is 0 Å². The minimum absolute atomic E-state index is 0.000911. The third-order valence-electron chi connectivity index (χ3n) is 3.53. The van der Waals surface area contributed by atoms with E-state index in [0.29, 0.717) is 13.0 Å². The highest BCUT2D eigenvalue weighted by Gasteiger charge is 2.02. The van der Waals surface area contributed by atoms with Crippen LogP contribution < -0.4 is 0 Å². The fourth-order valence-corrected chi connectivity index (χ4v) is 2.61. The summed E-state index contributed by atoms with van der Waals surface area (Å²) in [5.41, 5.74) is 0. The van der Waals surface area contributed by atoms with Gasteiger partial charge in [-0.2, -0.15) is 0 Å². The molecule has 0 heterocycles. The lowest BCUT2D eigenvalue weighted by atomic mass is 10.1. The average molecular weight is 549 g/mol. The van der Waals surface area contributed by atoms with Crippen LogP contribution in [0, 0.1) is 0 Å². The Labute approximate surface area is 203 Å². The lowest BCUT2D eigenvalue weighted by molar-refractivity contribution is -0.143. The number of alkyl halides is 2. The normalized spacial score (nSPS) is 8.62. The maximum atomic E-state index is 11.5. The Hall–Kier alpha value is 0.430. The summed E-state index contributed by atoms with van der Waals surface area (Å²) < 4.78 is 5.25. The summed E-state index contributed by atoms with van der Waals surface area (Å²) in [6, 6.07) is 0. The monoisotopic (exact) mass is 546 g/mol. The van der Waals surface area contributed by atoms with Gasteiger partial charge in [0.15, 0.2) is 0 Å². The van der Waals surface area contributed by atoms with Gasteiger partial charge < -0.3 is 4.74 Å². The number of unbranched alkanes of at least 4 members (excludes halogenated alkanes) is 10. The Kier molecular flexibility index (Phi) is 70.4. The van der Waals surface area contributed by atoms with Crippen LogP contribution in [-0.2, 0) is 9.53 Å². The first-order valence-corrected chi connectivity index (χ1v) is 14.7. The number of rotatable bonds is 15. The van der Waals surface area contributed by atoms with Crippen molar-refractivity contribution in [1.82, 2.24) is 0 Å². The molecule has 0 aliphatic carbocycles. The highest BCUT2D eigenvalue weighted by atomic mass is 79.9. The van der Waals surface area contributed by atoms with E-state index < -0.39 is 0 Å². The van der Waals surface area contributed by atoms with Crippen LogP contribution in [0.3, 0.4) is 0 Å². The van der Waals surface area contributed by atoms with Gasteiger partial charge in [-0.1, -0.05) is 145 Å². The van der Waals surface area contributed by atoms with Crippen molar-refractivity contribution < 1.29 is 9.53 Å². The first-order valence-electron chi connectivity index (χ1n) is 12.5. The van der Waals surface area contributed by atoms with Crippen molar-refractivity contribution in [3.05, 3.63) is 0 Å². The summed E-state index contributed by atoms with van der Waals surface area (Å²) in [5.74, 6) is -0.000911. The van der Waals surface area contributed by atoms with Gasteiger partial charge in [0, 0.05) is 17.1 Å². The number of carbonyl (C=O) groups excluding carboxylic acids is 1. The Balaban J connectivity index is -0.000000184. The second-order valence-corrected chi connectivity index (χ2v) is 7.73. The van der Waals surface area contributed by atoms with E-state index in [0.717, 1.165) is 23.5 Å². The van der Waals surface area contributed by atoms with Crippen LogP contribution in [0.5, 0.6) is 0 Å². The summed E-state index contributed by atoms with van der Waals surface area (Å²) in [6.07, 6.45) is 15.3. The van der Waals surface area contributed by atoms with E-state index in [2.05, 4.69) is 38.8 Å². The predicted octanol–water partition coefficient (Wildman–Crippen LogP) is 10.5. The number of carbonyl (C=O) groups is 1. The van der Waals surface area contributed by atoms with Crippen LogP contribution >= 0.6 is 31.9 Å². The van der Waals surface area contributed by atoms with Gasteiger partial charge >= 0.3 is 5.97 Å². The maximum absolute atomic E-state index is 11.5. The zero-order valence-electron chi connectivity index (χ0n) is 21.4. The van der Waals surface area contributed by atoms with Gasteiger partial charge in [0.05, 0.1) is 6.61 Å². The van der Waals surface area contributed by atoms with Crippen LogP contribution in [-0.4, -0.2) is 23.2 Å². The van der Waals surface area contributed by atoms with Crippen molar-refractivity contribution >= 4 is 37.8 Å². The molecule has 0 aliphatic rings. The van der Waals surface area contributed by atoms with E-state index in [1.54, 1.807) is 0 Å². The van der Waals surface area contributed by atoms with Gasteiger partial charge in [-0.25, -0.2) is 0 Å². The Morgan fingerprint density at radius 2 is 1.00 bits per heavy atom. The van der Waals surface area contributed by atoms with Gasteiger partial charge in [-0.3, -0.25) is 4.79 Å².